The van der Waals surface area contributed by atoms with Gasteiger partial charge in [0.1, 0.15) is 0 Å². The molecule has 1 aliphatic carbocycles. The first-order valence-corrected chi connectivity index (χ1v) is 6.09. The smallest absolute Gasteiger partial charge is 0.00615 e. The highest BCUT2D eigenvalue weighted by Crippen LogP contribution is 2.40. The minimum absolute atomic E-state index is 0.377. The summed E-state index contributed by atoms with van der Waals surface area (Å²) in [6, 6.07) is 9.38. The molecular formula is C14H19N. The maximum absolute atomic E-state index is 3.46. The Balaban J connectivity index is 1.85. The van der Waals surface area contributed by atoms with Crippen molar-refractivity contribution >= 4 is 0 Å². The van der Waals surface area contributed by atoms with E-state index in [1.807, 2.05) is 0 Å². The predicted octanol–water partition coefficient (Wildman–Crippen LogP) is 2.82. The molecule has 1 N–H and O–H groups in total. The normalized spacial score (nSPS) is 30.7. The summed E-state index contributed by atoms with van der Waals surface area (Å²) < 4.78 is 0. The van der Waals surface area contributed by atoms with Crippen molar-refractivity contribution in [3.63, 3.8) is 0 Å². The Labute approximate surface area is 91.9 Å². The van der Waals surface area contributed by atoms with Crippen molar-refractivity contribution < 1.29 is 0 Å². The molecular weight excluding hydrogens is 182 g/mol. The molecule has 0 bridgehead atoms. The molecule has 1 saturated carbocycles. The van der Waals surface area contributed by atoms with Crippen LogP contribution in [0.1, 0.15) is 43.2 Å². The Hall–Kier alpha value is -0.820. The Morgan fingerprint density at radius 2 is 1.93 bits per heavy atom. The first kappa shape index (κ1) is 9.41. The van der Waals surface area contributed by atoms with Crippen LogP contribution in [0.5, 0.6) is 0 Å². The number of nitrogens with one attached hydrogen (secondary N) is 1. The molecule has 2 fully saturated rings. The number of rotatable bonds is 2. The predicted molar refractivity (Wildman–Crippen MR) is 63.3 cm³/mol. The monoisotopic (exact) mass is 201 g/mol. The second-order valence-corrected chi connectivity index (χ2v) is 5.38. The lowest BCUT2D eigenvalue weighted by molar-refractivity contribution is 0.525. The van der Waals surface area contributed by atoms with Crippen molar-refractivity contribution in [1.29, 1.82) is 0 Å². The topological polar surface area (TPSA) is 12.0 Å². The van der Waals surface area contributed by atoms with E-state index in [4.69, 9.17) is 0 Å². The first-order valence-electron chi connectivity index (χ1n) is 6.09. The fourth-order valence-corrected chi connectivity index (χ4v) is 2.64. The van der Waals surface area contributed by atoms with E-state index in [2.05, 4.69) is 36.5 Å². The molecule has 1 aliphatic heterocycles. The Bertz CT molecular complexity index is 342. The highest BCUT2D eigenvalue weighted by atomic mass is 14.9. The van der Waals surface area contributed by atoms with Crippen LogP contribution in [0.2, 0.25) is 0 Å². The van der Waals surface area contributed by atoms with Gasteiger partial charge in [-0.15, -0.1) is 0 Å². The van der Waals surface area contributed by atoms with Crippen molar-refractivity contribution in [2.75, 3.05) is 13.1 Å². The lowest BCUT2D eigenvalue weighted by Crippen LogP contribution is -2.24. The zero-order valence-electron chi connectivity index (χ0n) is 9.42. The third-order valence-corrected chi connectivity index (χ3v) is 4.03. The van der Waals surface area contributed by atoms with Crippen LogP contribution in [-0.2, 0) is 5.41 Å². The second-order valence-electron chi connectivity index (χ2n) is 5.38. The molecule has 0 radical (unpaired) electrons. The summed E-state index contributed by atoms with van der Waals surface area (Å²) >= 11 is 0. The van der Waals surface area contributed by atoms with Gasteiger partial charge in [0.15, 0.2) is 0 Å². The molecule has 1 heterocycles. The molecule has 2 aliphatic rings. The number of hydrogen-bond acceptors (Lipinski definition) is 1. The van der Waals surface area contributed by atoms with Gasteiger partial charge in [0.05, 0.1) is 0 Å². The van der Waals surface area contributed by atoms with E-state index in [9.17, 15) is 0 Å². The van der Waals surface area contributed by atoms with Gasteiger partial charge >= 0.3 is 0 Å². The Morgan fingerprint density at radius 3 is 2.47 bits per heavy atom. The number of benzene rings is 1. The van der Waals surface area contributed by atoms with E-state index in [0.29, 0.717) is 5.41 Å². The Morgan fingerprint density at radius 1 is 1.20 bits per heavy atom. The zero-order valence-corrected chi connectivity index (χ0v) is 9.42. The van der Waals surface area contributed by atoms with Crippen LogP contribution in [-0.4, -0.2) is 13.1 Å². The summed E-state index contributed by atoms with van der Waals surface area (Å²) in [5.41, 5.74) is 3.44. The average molecular weight is 201 g/mol. The zero-order chi connectivity index (χ0) is 10.3. The molecule has 1 heteroatoms. The molecule has 3 rings (SSSR count). The van der Waals surface area contributed by atoms with Crippen LogP contribution in [0, 0.1) is 0 Å². The Kier molecular flexibility index (Phi) is 2.10. The van der Waals surface area contributed by atoms with Crippen LogP contribution in [0.15, 0.2) is 24.3 Å². The van der Waals surface area contributed by atoms with Gasteiger partial charge in [-0.2, -0.15) is 0 Å². The lowest BCUT2D eigenvalue weighted by atomic mass is 9.81. The van der Waals surface area contributed by atoms with Gasteiger partial charge in [0.2, 0.25) is 0 Å². The standard InChI is InChI=1S/C14H19N/c1-14(8-9-15-10-14)13-6-4-12(5-7-13)11-2-3-11/h4-7,11,15H,2-3,8-10H2,1H3. The highest BCUT2D eigenvalue weighted by Gasteiger charge is 2.30. The molecule has 15 heavy (non-hydrogen) atoms. The number of hydrogen-bond donors (Lipinski definition) is 1. The summed E-state index contributed by atoms with van der Waals surface area (Å²) in [5, 5.41) is 3.46. The van der Waals surface area contributed by atoms with Crippen LogP contribution in [0.4, 0.5) is 0 Å². The molecule has 1 atom stereocenters. The first-order chi connectivity index (χ1) is 7.28. The van der Waals surface area contributed by atoms with Gasteiger partial charge in [0, 0.05) is 12.0 Å². The largest absolute Gasteiger partial charge is 0.316 e. The van der Waals surface area contributed by atoms with E-state index in [1.54, 1.807) is 5.56 Å². The quantitative estimate of drug-likeness (QED) is 0.776. The van der Waals surface area contributed by atoms with Crippen molar-refractivity contribution in [2.24, 2.45) is 0 Å². The fourth-order valence-electron chi connectivity index (χ4n) is 2.64. The van der Waals surface area contributed by atoms with Gasteiger partial charge in [-0.25, -0.2) is 0 Å². The van der Waals surface area contributed by atoms with Gasteiger partial charge in [0.25, 0.3) is 0 Å². The SMILES string of the molecule is CC1(c2ccc(C3CC3)cc2)CCNC1. The van der Waals surface area contributed by atoms with Gasteiger partial charge in [-0.1, -0.05) is 31.2 Å². The van der Waals surface area contributed by atoms with Crippen molar-refractivity contribution in [3.05, 3.63) is 35.4 Å². The van der Waals surface area contributed by atoms with Crippen LogP contribution >= 0.6 is 0 Å². The van der Waals surface area contributed by atoms with Gasteiger partial charge in [-0.05, 0) is 42.9 Å². The molecule has 0 amide bonds. The molecule has 1 saturated heterocycles. The molecule has 1 aromatic rings. The molecule has 0 spiro atoms. The molecule has 1 unspecified atom stereocenters. The van der Waals surface area contributed by atoms with Crippen molar-refractivity contribution in [3.8, 4) is 0 Å². The van der Waals surface area contributed by atoms with E-state index in [0.717, 1.165) is 12.5 Å². The third kappa shape index (κ3) is 1.69. The summed E-state index contributed by atoms with van der Waals surface area (Å²) in [5.74, 6) is 0.883. The molecule has 0 aromatic heterocycles. The maximum Gasteiger partial charge on any atom is 0.00615 e. The van der Waals surface area contributed by atoms with Gasteiger partial charge in [-0.3, -0.25) is 0 Å². The van der Waals surface area contributed by atoms with Gasteiger partial charge < -0.3 is 5.32 Å². The second kappa shape index (κ2) is 3.34. The van der Waals surface area contributed by atoms with Crippen molar-refractivity contribution in [2.45, 2.75) is 37.5 Å². The van der Waals surface area contributed by atoms with Crippen molar-refractivity contribution in [1.82, 2.24) is 5.32 Å². The molecule has 80 valence electrons. The minimum atomic E-state index is 0.377. The van der Waals surface area contributed by atoms with Crippen LogP contribution in [0.25, 0.3) is 0 Å². The minimum Gasteiger partial charge on any atom is -0.316 e. The highest BCUT2D eigenvalue weighted by molar-refractivity contribution is 5.33. The van der Waals surface area contributed by atoms with E-state index in [1.165, 1.54) is 31.4 Å². The van der Waals surface area contributed by atoms with E-state index < -0.39 is 0 Å². The van der Waals surface area contributed by atoms with E-state index in [-0.39, 0.29) is 0 Å². The van der Waals surface area contributed by atoms with Crippen LogP contribution in [0.3, 0.4) is 0 Å². The third-order valence-electron chi connectivity index (χ3n) is 4.03. The molecule has 1 aromatic carbocycles. The summed E-state index contributed by atoms with van der Waals surface area (Å²) in [6.07, 6.45) is 4.08. The maximum atomic E-state index is 3.46. The fraction of sp³-hybridized carbons (Fsp3) is 0.571. The summed E-state index contributed by atoms with van der Waals surface area (Å²) in [4.78, 5) is 0. The summed E-state index contributed by atoms with van der Waals surface area (Å²) in [6.45, 7) is 4.68. The average Bonchev–Trinajstić information content (AvgIpc) is 3.02. The lowest BCUT2D eigenvalue weighted by Gasteiger charge is -2.23. The van der Waals surface area contributed by atoms with Crippen LogP contribution < -0.4 is 5.32 Å². The summed E-state index contributed by atoms with van der Waals surface area (Å²) in [7, 11) is 0. The molecule has 1 nitrogen and oxygen atoms in total. The van der Waals surface area contributed by atoms with E-state index >= 15 is 0 Å².